The minimum Gasteiger partial charge on any atom is -0.394 e. The van der Waals surface area contributed by atoms with Crippen molar-refractivity contribution in [2.75, 3.05) is 6.61 Å². The highest BCUT2D eigenvalue weighted by Gasteiger charge is 2.17. The number of rotatable bonds is 25. The molecule has 0 fully saturated rings. The number of amides is 1. The van der Waals surface area contributed by atoms with Crippen LogP contribution in [0.4, 0.5) is 0 Å². The van der Waals surface area contributed by atoms with Crippen molar-refractivity contribution < 1.29 is 15.0 Å². The summed E-state index contributed by atoms with van der Waals surface area (Å²) in [6.45, 7) is 4.06. The van der Waals surface area contributed by atoms with Crippen LogP contribution >= 0.6 is 0 Å². The molecule has 0 aliphatic heterocycles. The topological polar surface area (TPSA) is 69.6 Å². The highest BCUT2D eigenvalue weighted by atomic mass is 16.3. The van der Waals surface area contributed by atoms with E-state index in [-0.39, 0.29) is 12.5 Å². The maximum absolute atomic E-state index is 12.2. The summed E-state index contributed by atoms with van der Waals surface area (Å²) in [5, 5.41) is 22.5. The molecule has 0 bridgehead atoms. The Morgan fingerprint density at radius 2 is 1.13 bits per heavy atom. The van der Waals surface area contributed by atoms with Crippen molar-refractivity contribution in [2.24, 2.45) is 0 Å². The molecular formula is C35H57NO3. The van der Waals surface area contributed by atoms with Gasteiger partial charge < -0.3 is 15.5 Å². The lowest BCUT2D eigenvalue weighted by atomic mass is 10.1. The summed E-state index contributed by atoms with van der Waals surface area (Å²) in [6.07, 6.45) is 43.9. The Balaban J connectivity index is 3.80. The van der Waals surface area contributed by atoms with Crippen LogP contribution < -0.4 is 5.32 Å². The lowest BCUT2D eigenvalue weighted by Crippen LogP contribution is -2.45. The van der Waals surface area contributed by atoms with Crippen molar-refractivity contribution in [3.63, 3.8) is 0 Å². The lowest BCUT2D eigenvalue weighted by Gasteiger charge is -2.19. The van der Waals surface area contributed by atoms with E-state index in [1.807, 2.05) is 6.08 Å². The van der Waals surface area contributed by atoms with Gasteiger partial charge in [0.2, 0.25) is 5.91 Å². The van der Waals surface area contributed by atoms with Gasteiger partial charge >= 0.3 is 0 Å². The maximum Gasteiger partial charge on any atom is 0.220 e. The van der Waals surface area contributed by atoms with Crippen LogP contribution in [-0.4, -0.2) is 34.9 Å². The minimum absolute atomic E-state index is 0.118. The quantitative estimate of drug-likeness (QED) is 0.0803. The van der Waals surface area contributed by atoms with Gasteiger partial charge in [-0.3, -0.25) is 4.79 Å². The van der Waals surface area contributed by atoms with Crippen molar-refractivity contribution in [3.05, 3.63) is 85.1 Å². The van der Waals surface area contributed by atoms with E-state index in [0.29, 0.717) is 6.42 Å². The lowest BCUT2D eigenvalue weighted by molar-refractivity contribution is -0.123. The molecule has 0 heterocycles. The van der Waals surface area contributed by atoms with Crippen molar-refractivity contribution in [2.45, 2.75) is 122 Å². The van der Waals surface area contributed by atoms with Crippen molar-refractivity contribution >= 4 is 5.91 Å². The van der Waals surface area contributed by atoms with E-state index < -0.39 is 12.1 Å². The molecule has 2 atom stereocenters. The molecule has 3 N–H and O–H groups in total. The predicted octanol–water partition coefficient (Wildman–Crippen LogP) is 8.61. The SMILES string of the molecule is CC/C=C\C/C=C\C/C=C\C/C=C\C/C=C\C/C=C\CCCCC(=O)NC(CO)C(O)/C=C/CCCCCC. The Hall–Kier alpha value is -2.43. The first-order chi connectivity index (χ1) is 19.2. The first-order valence-electron chi connectivity index (χ1n) is 15.3. The second kappa shape index (κ2) is 30.1. The van der Waals surface area contributed by atoms with Crippen molar-refractivity contribution in [1.29, 1.82) is 0 Å². The Morgan fingerprint density at radius 1 is 0.641 bits per heavy atom. The summed E-state index contributed by atoms with van der Waals surface area (Å²) in [5.41, 5.74) is 0. The largest absolute Gasteiger partial charge is 0.394 e. The summed E-state index contributed by atoms with van der Waals surface area (Å²) in [5.74, 6) is -0.118. The fourth-order valence-electron chi connectivity index (χ4n) is 3.76. The molecule has 39 heavy (non-hydrogen) atoms. The Kier molecular flexibility index (Phi) is 28.2. The van der Waals surface area contributed by atoms with Gasteiger partial charge in [-0.1, -0.05) is 118 Å². The van der Waals surface area contributed by atoms with Crippen LogP contribution in [0.2, 0.25) is 0 Å². The fraction of sp³-hybridized carbons (Fsp3) is 0.571. The van der Waals surface area contributed by atoms with Gasteiger partial charge in [-0.25, -0.2) is 0 Å². The van der Waals surface area contributed by atoms with Crippen LogP contribution in [0.3, 0.4) is 0 Å². The zero-order valence-corrected chi connectivity index (χ0v) is 24.9. The van der Waals surface area contributed by atoms with Crippen LogP contribution in [0.15, 0.2) is 85.1 Å². The highest BCUT2D eigenvalue weighted by Crippen LogP contribution is 2.06. The molecule has 1 amide bonds. The molecule has 4 nitrogen and oxygen atoms in total. The molecule has 0 rings (SSSR count). The summed E-state index contributed by atoms with van der Waals surface area (Å²) < 4.78 is 0. The average molecular weight is 540 g/mol. The zero-order chi connectivity index (χ0) is 28.7. The number of allylic oxidation sites excluding steroid dienone is 13. The van der Waals surface area contributed by atoms with Gasteiger partial charge in [0.15, 0.2) is 0 Å². The van der Waals surface area contributed by atoms with E-state index in [2.05, 4.69) is 92.1 Å². The van der Waals surface area contributed by atoms with Gasteiger partial charge in [0.25, 0.3) is 0 Å². The number of hydrogen-bond acceptors (Lipinski definition) is 3. The Bertz CT molecular complexity index is 758. The van der Waals surface area contributed by atoms with E-state index in [4.69, 9.17) is 0 Å². The summed E-state index contributed by atoms with van der Waals surface area (Å²) in [7, 11) is 0. The molecule has 0 aliphatic rings. The first-order valence-corrected chi connectivity index (χ1v) is 15.3. The van der Waals surface area contributed by atoms with Crippen LogP contribution in [-0.2, 0) is 4.79 Å². The second-order valence-electron chi connectivity index (χ2n) is 9.79. The summed E-state index contributed by atoms with van der Waals surface area (Å²) >= 11 is 0. The number of aliphatic hydroxyl groups is 2. The molecule has 4 heteroatoms. The molecule has 0 spiro atoms. The first kappa shape index (κ1) is 36.6. The van der Waals surface area contributed by atoms with Crippen LogP contribution in [0.1, 0.15) is 110 Å². The number of hydrogen-bond donors (Lipinski definition) is 3. The average Bonchev–Trinajstić information content (AvgIpc) is 2.94. The maximum atomic E-state index is 12.2. The zero-order valence-electron chi connectivity index (χ0n) is 24.9. The van der Waals surface area contributed by atoms with E-state index in [0.717, 1.165) is 70.6 Å². The molecule has 0 saturated heterocycles. The smallest absolute Gasteiger partial charge is 0.220 e. The fourth-order valence-corrected chi connectivity index (χ4v) is 3.76. The summed E-state index contributed by atoms with van der Waals surface area (Å²) in [4.78, 5) is 12.2. The van der Waals surface area contributed by atoms with E-state index >= 15 is 0 Å². The van der Waals surface area contributed by atoms with Gasteiger partial charge in [-0.05, 0) is 70.6 Å². The third-order valence-electron chi connectivity index (χ3n) is 6.13. The number of carbonyl (C=O) groups is 1. The molecule has 2 unspecified atom stereocenters. The minimum atomic E-state index is -0.857. The summed E-state index contributed by atoms with van der Waals surface area (Å²) in [6, 6.07) is -0.646. The molecule has 0 aliphatic carbocycles. The van der Waals surface area contributed by atoms with Gasteiger partial charge in [-0.2, -0.15) is 0 Å². The van der Waals surface area contributed by atoms with Crippen LogP contribution in [0, 0.1) is 0 Å². The van der Waals surface area contributed by atoms with Crippen LogP contribution in [0.25, 0.3) is 0 Å². The number of nitrogens with one attached hydrogen (secondary N) is 1. The monoisotopic (exact) mass is 539 g/mol. The Morgan fingerprint density at radius 3 is 1.64 bits per heavy atom. The predicted molar refractivity (Wildman–Crippen MR) is 170 cm³/mol. The van der Waals surface area contributed by atoms with Gasteiger partial charge in [0.1, 0.15) is 0 Å². The van der Waals surface area contributed by atoms with Crippen LogP contribution in [0.5, 0.6) is 0 Å². The molecule has 0 aromatic carbocycles. The molecule has 0 aromatic heterocycles. The molecule has 0 aromatic rings. The molecule has 0 saturated carbocycles. The van der Waals surface area contributed by atoms with Gasteiger partial charge in [0, 0.05) is 6.42 Å². The standard InChI is InChI=1S/C35H57NO3/c1-3-5-7-9-11-12-13-14-15-16-17-18-19-20-21-22-23-24-25-27-29-31-35(39)36-33(32-37)34(38)30-28-26-10-8-6-4-2/h5,7,11-12,14-15,17-18,20-21,23-24,28,30,33-34,37-38H,3-4,6,8-10,13,16,19,22,25-27,29,31-32H2,1-2H3,(H,36,39)/b7-5-,12-11-,15-14-,18-17-,21-20-,24-23-,30-28+. The molecule has 220 valence electrons. The van der Waals surface area contributed by atoms with Crippen molar-refractivity contribution in [1.82, 2.24) is 5.32 Å². The van der Waals surface area contributed by atoms with E-state index in [9.17, 15) is 15.0 Å². The third kappa shape index (κ3) is 26.9. The van der Waals surface area contributed by atoms with Crippen molar-refractivity contribution in [3.8, 4) is 0 Å². The number of unbranched alkanes of at least 4 members (excludes halogenated alkanes) is 6. The molecule has 0 radical (unpaired) electrons. The van der Waals surface area contributed by atoms with E-state index in [1.54, 1.807) is 6.08 Å². The third-order valence-corrected chi connectivity index (χ3v) is 6.13. The number of carbonyl (C=O) groups excluding carboxylic acids is 1. The molecular weight excluding hydrogens is 482 g/mol. The normalized spacial score (nSPS) is 14.5. The Labute approximate surface area is 240 Å². The van der Waals surface area contributed by atoms with Gasteiger partial charge in [0.05, 0.1) is 18.8 Å². The highest BCUT2D eigenvalue weighted by molar-refractivity contribution is 5.76. The van der Waals surface area contributed by atoms with Gasteiger partial charge in [-0.15, -0.1) is 0 Å². The number of aliphatic hydroxyl groups excluding tert-OH is 2. The second-order valence-corrected chi connectivity index (χ2v) is 9.79. The van der Waals surface area contributed by atoms with E-state index in [1.165, 1.54) is 19.3 Å².